The van der Waals surface area contributed by atoms with Crippen molar-refractivity contribution in [2.45, 2.75) is 81.1 Å². The molecule has 6 N–H and O–H groups in total. The summed E-state index contributed by atoms with van der Waals surface area (Å²) in [4.78, 5) is 16.0. The maximum atomic E-state index is 13.3. The second-order valence-electron chi connectivity index (χ2n) is 11.4. The first-order chi connectivity index (χ1) is 19.2. The number of allylic oxidation sites excluding steroid dienone is 1. The van der Waals surface area contributed by atoms with Crippen molar-refractivity contribution in [2.24, 2.45) is 16.8 Å². The quantitative estimate of drug-likeness (QED) is 0.216. The first-order valence-corrected chi connectivity index (χ1v) is 15.5. The van der Waals surface area contributed by atoms with E-state index in [1.165, 1.54) is 16.4 Å². The number of dihydropyridines is 1. The number of amidine groups is 1. The molecule has 12 heteroatoms. The van der Waals surface area contributed by atoms with Crippen LogP contribution < -0.4 is 16.0 Å². The van der Waals surface area contributed by atoms with E-state index in [1.807, 2.05) is 6.08 Å². The number of nitrogens with one attached hydrogen (secondary N) is 4. The number of carboxylic acids is 1. The summed E-state index contributed by atoms with van der Waals surface area (Å²) < 4.78 is 28.1. The van der Waals surface area contributed by atoms with Crippen LogP contribution in [0, 0.1) is 17.2 Å². The van der Waals surface area contributed by atoms with Crippen LogP contribution in [0.15, 0.2) is 51.6 Å². The SMILES string of the molecule is N=C(Nc1ccc2c(c1)CN([C@H]1CC[C@@H](C(=O)O)CC1)S2(=O)=O)C1=C(N[C@H]2CCCC[C@@H]2C2=NC2)C=CNC1O. The molecular formula is C28H36N6O5S. The van der Waals surface area contributed by atoms with Crippen molar-refractivity contribution in [2.75, 3.05) is 11.9 Å². The molecule has 5 aliphatic rings. The number of benzene rings is 1. The number of nitrogens with zero attached hydrogens (tertiary/aromatic N) is 2. The van der Waals surface area contributed by atoms with Crippen LogP contribution in [0.4, 0.5) is 5.69 Å². The number of hydrogen-bond donors (Lipinski definition) is 6. The van der Waals surface area contributed by atoms with Crippen molar-refractivity contribution in [3.63, 3.8) is 0 Å². The third-order valence-corrected chi connectivity index (χ3v) is 10.9. The molecule has 0 spiro atoms. The number of aliphatic hydroxyl groups is 1. The number of carbonyl (C=O) groups is 1. The standard InChI is InChI=1S/C28H36N6O5S/c29-26(25-22(11-12-30-27(25)35)33-21-4-2-1-3-20(21)23-14-31-23)32-18-7-10-24-17(13-18)15-34(40(24,38)39)19-8-5-16(6-9-19)28(36)37/h7,10-13,16,19-21,27,30,33,35H,1-6,8-9,14-15H2,(H2,29,32)(H,36,37)/t16-,19+,20-,21-,27?/m0/s1. The van der Waals surface area contributed by atoms with E-state index in [9.17, 15) is 23.4 Å². The van der Waals surface area contributed by atoms with Gasteiger partial charge >= 0.3 is 5.97 Å². The molecule has 1 unspecified atom stereocenters. The fourth-order valence-corrected chi connectivity index (χ4v) is 8.54. The minimum atomic E-state index is -3.67. The molecule has 0 saturated heterocycles. The van der Waals surface area contributed by atoms with Crippen LogP contribution in [0.25, 0.3) is 0 Å². The van der Waals surface area contributed by atoms with Crippen LogP contribution in [-0.2, 0) is 21.4 Å². The van der Waals surface area contributed by atoms with E-state index in [4.69, 9.17) is 5.41 Å². The van der Waals surface area contributed by atoms with Gasteiger partial charge in [0.15, 0.2) is 6.23 Å². The monoisotopic (exact) mass is 568 g/mol. The van der Waals surface area contributed by atoms with Gasteiger partial charge in [-0.05, 0) is 68.4 Å². The second-order valence-corrected chi connectivity index (χ2v) is 13.3. The Morgan fingerprint density at radius 1 is 1.12 bits per heavy atom. The molecule has 3 heterocycles. The van der Waals surface area contributed by atoms with Gasteiger partial charge in [0.2, 0.25) is 10.0 Å². The zero-order valence-electron chi connectivity index (χ0n) is 22.3. The van der Waals surface area contributed by atoms with Gasteiger partial charge in [0, 0.05) is 47.8 Å². The number of anilines is 1. The normalized spacial score (nSPS) is 31.1. The van der Waals surface area contributed by atoms with Gasteiger partial charge in [-0.25, -0.2) is 8.42 Å². The van der Waals surface area contributed by atoms with Gasteiger partial charge in [-0.15, -0.1) is 0 Å². The fraction of sp³-hybridized carbons (Fsp3) is 0.536. The number of fused-ring (bicyclic) bond motifs is 1. The molecule has 214 valence electrons. The number of aliphatic imine (C=N–C) groups is 1. The Morgan fingerprint density at radius 2 is 1.88 bits per heavy atom. The van der Waals surface area contributed by atoms with E-state index >= 15 is 0 Å². The number of rotatable bonds is 7. The molecule has 2 aliphatic carbocycles. The van der Waals surface area contributed by atoms with Crippen LogP contribution in [-0.4, -0.2) is 65.3 Å². The summed E-state index contributed by atoms with van der Waals surface area (Å²) in [5.74, 6) is -0.828. The fourth-order valence-electron chi connectivity index (χ4n) is 6.68. The Balaban J connectivity index is 1.18. The predicted octanol–water partition coefficient (Wildman–Crippen LogP) is 2.52. The van der Waals surface area contributed by atoms with E-state index in [-0.39, 0.29) is 29.4 Å². The summed E-state index contributed by atoms with van der Waals surface area (Å²) in [5.41, 5.74) is 3.54. The molecular weight excluding hydrogens is 532 g/mol. The van der Waals surface area contributed by atoms with Crippen molar-refractivity contribution >= 4 is 33.2 Å². The summed E-state index contributed by atoms with van der Waals surface area (Å²) in [7, 11) is -3.67. The molecule has 2 fully saturated rings. The first-order valence-electron chi connectivity index (χ1n) is 14.1. The highest BCUT2D eigenvalue weighted by atomic mass is 32.2. The van der Waals surface area contributed by atoms with Crippen molar-refractivity contribution in [1.82, 2.24) is 14.9 Å². The summed E-state index contributed by atoms with van der Waals surface area (Å²) in [6, 6.07) is 4.93. The van der Waals surface area contributed by atoms with Crippen molar-refractivity contribution in [3.8, 4) is 0 Å². The molecule has 3 atom stereocenters. The summed E-state index contributed by atoms with van der Waals surface area (Å²) in [6.07, 6.45) is 8.84. The summed E-state index contributed by atoms with van der Waals surface area (Å²) in [6.45, 7) is 1.06. The number of sulfonamides is 1. The number of carboxylic acid groups (broad SMARTS) is 1. The molecule has 0 bridgehead atoms. The molecule has 0 amide bonds. The average Bonchev–Trinajstić information content (AvgIpc) is 3.74. The lowest BCUT2D eigenvalue weighted by molar-refractivity contribution is -0.143. The lowest BCUT2D eigenvalue weighted by Crippen LogP contribution is -2.44. The van der Waals surface area contributed by atoms with Crippen LogP contribution in [0.5, 0.6) is 0 Å². The van der Waals surface area contributed by atoms with Gasteiger partial charge in [-0.2, -0.15) is 4.31 Å². The van der Waals surface area contributed by atoms with Crippen LogP contribution in [0.2, 0.25) is 0 Å². The highest BCUT2D eigenvalue weighted by molar-refractivity contribution is 7.89. The molecule has 6 rings (SSSR count). The zero-order chi connectivity index (χ0) is 28.0. The average molecular weight is 569 g/mol. The number of aliphatic hydroxyl groups excluding tert-OH is 1. The Bertz CT molecular complexity index is 1410. The zero-order valence-corrected chi connectivity index (χ0v) is 23.1. The third-order valence-electron chi connectivity index (χ3n) is 8.91. The molecule has 11 nitrogen and oxygen atoms in total. The molecule has 0 radical (unpaired) electrons. The van der Waals surface area contributed by atoms with E-state index in [0.29, 0.717) is 54.1 Å². The highest BCUT2D eigenvalue weighted by Crippen LogP contribution is 2.38. The maximum Gasteiger partial charge on any atom is 0.306 e. The molecule has 0 aromatic heterocycles. The van der Waals surface area contributed by atoms with Crippen LogP contribution >= 0.6 is 0 Å². The van der Waals surface area contributed by atoms with Crippen LogP contribution in [0.3, 0.4) is 0 Å². The van der Waals surface area contributed by atoms with Gasteiger partial charge in [0.05, 0.1) is 22.9 Å². The maximum absolute atomic E-state index is 13.3. The summed E-state index contributed by atoms with van der Waals surface area (Å²) >= 11 is 0. The first kappa shape index (κ1) is 27.0. The molecule has 2 saturated carbocycles. The van der Waals surface area contributed by atoms with Crippen molar-refractivity contribution in [1.29, 1.82) is 5.41 Å². The highest BCUT2D eigenvalue weighted by Gasteiger charge is 2.41. The van der Waals surface area contributed by atoms with E-state index in [2.05, 4.69) is 20.9 Å². The van der Waals surface area contributed by atoms with Gasteiger partial charge in [-0.1, -0.05) is 12.8 Å². The Kier molecular flexibility index (Phi) is 7.18. The van der Waals surface area contributed by atoms with E-state index in [1.54, 1.807) is 24.4 Å². The lowest BCUT2D eigenvalue weighted by Gasteiger charge is -2.33. The Labute approximate surface area is 234 Å². The molecule has 1 aromatic rings. The Morgan fingerprint density at radius 3 is 2.60 bits per heavy atom. The number of aliphatic carboxylic acids is 1. The second kappa shape index (κ2) is 10.6. The number of hydrogen-bond acceptors (Lipinski definition) is 8. The van der Waals surface area contributed by atoms with Crippen molar-refractivity contribution in [3.05, 3.63) is 47.3 Å². The third kappa shape index (κ3) is 5.15. The molecule has 1 aromatic carbocycles. The van der Waals surface area contributed by atoms with Gasteiger partial charge in [-0.3, -0.25) is 15.2 Å². The Hall–Kier alpha value is -3.22. The van der Waals surface area contributed by atoms with Gasteiger partial charge in [0.25, 0.3) is 0 Å². The molecule has 40 heavy (non-hydrogen) atoms. The summed E-state index contributed by atoms with van der Waals surface area (Å²) in [5, 5.41) is 38.4. The van der Waals surface area contributed by atoms with E-state index in [0.717, 1.165) is 25.8 Å². The minimum Gasteiger partial charge on any atom is -0.481 e. The minimum absolute atomic E-state index is 0.0209. The van der Waals surface area contributed by atoms with Gasteiger partial charge < -0.3 is 26.2 Å². The van der Waals surface area contributed by atoms with Crippen molar-refractivity contribution < 1.29 is 23.4 Å². The van der Waals surface area contributed by atoms with Gasteiger partial charge in [0.1, 0.15) is 5.84 Å². The smallest absolute Gasteiger partial charge is 0.306 e. The largest absolute Gasteiger partial charge is 0.481 e. The topological polar surface area (TPSA) is 167 Å². The van der Waals surface area contributed by atoms with Crippen LogP contribution in [0.1, 0.15) is 56.9 Å². The molecule has 3 aliphatic heterocycles. The predicted molar refractivity (Wildman–Crippen MR) is 150 cm³/mol. The lowest BCUT2D eigenvalue weighted by atomic mass is 9.82. The van der Waals surface area contributed by atoms with E-state index < -0.39 is 28.1 Å².